The van der Waals surface area contributed by atoms with Crippen LogP contribution in [0.25, 0.3) is 11.3 Å². The van der Waals surface area contributed by atoms with Crippen LogP contribution in [-0.4, -0.2) is 23.2 Å². The summed E-state index contributed by atoms with van der Waals surface area (Å²) in [5.74, 6) is 0.704. The van der Waals surface area contributed by atoms with Gasteiger partial charge in [0.15, 0.2) is 0 Å². The van der Waals surface area contributed by atoms with E-state index < -0.39 is 0 Å². The lowest BCUT2D eigenvalue weighted by atomic mass is 9.96. The second-order valence-corrected chi connectivity index (χ2v) is 6.91. The van der Waals surface area contributed by atoms with Crippen molar-refractivity contribution in [3.8, 4) is 17.0 Å². The minimum Gasteiger partial charge on any atom is -0.497 e. The Labute approximate surface area is 168 Å². The number of carbonyl (C=O) groups is 1. The Morgan fingerprint density at radius 3 is 2.21 bits per heavy atom. The van der Waals surface area contributed by atoms with E-state index in [4.69, 9.17) is 4.74 Å². The molecule has 5 heteroatoms. The zero-order valence-corrected chi connectivity index (χ0v) is 15.9. The number of benzene rings is 3. The zero-order valence-electron chi connectivity index (χ0n) is 15.9. The number of nitrogens with one attached hydrogen (secondary N) is 1. The highest BCUT2D eigenvalue weighted by Crippen LogP contribution is 2.44. The van der Waals surface area contributed by atoms with Gasteiger partial charge in [-0.3, -0.25) is 14.8 Å². The first-order valence-electron chi connectivity index (χ1n) is 9.44. The van der Waals surface area contributed by atoms with Crippen molar-refractivity contribution >= 4 is 11.6 Å². The van der Waals surface area contributed by atoms with Crippen LogP contribution in [0.1, 0.15) is 27.7 Å². The molecule has 2 heterocycles. The van der Waals surface area contributed by atoms with Crippen LogP contribution in [0.2, 0.25) is 0 Å². The summed E-state index contributed by atoms with van der Waals surface area (Å²) in [6, 6.07) is 27.3. The van der Waals surface area contributed by atoms with Crippen molar-refractivity contribution in [2.75, 3.05) is 12.0 Å². The van der Waals surface area contributed by atoms with Crippen LogP contribution in [0.5, 0.6) is 5.75 Å². The van der Waals surface area contributed by atoms with Gasteiger partial charge in [-0.2, -0.15) is 5.10 Å². The molecular weight excluding hydrogens is 362 g/mol. The van der Waals surface area contributed by atoms with Crippen molar-refractivity contribution < 1.29 is 9.53 Å². The third-order valence-corrected chi connectivity index (χ3v) is 5.28. The van der Waals surface area contributed by atoms with Crippen LogP contribution in [-0.2, 0) is 0 Å². The molecule has 3 aromatic carbocycles. The molecule has 0 saturated heterocycles. The van der Waals surface area contributed by atoms with E-state index in [1.807, 2.05) is 89.8 Å². The molecule has 4 aromatic rings. The van der Waals surface area contributed by atoms with Crippen molar-refractivity contribution in [1.82, 2.24) is 10.2 Å². The SMILES string of the molecule is COc1ccc(-c2n[nH]c3c2[C@@H](c2ccccc2)N(c2ccccc2)C3=O)cc1. The summed E-state index contributed by atoms with van der Waals surface area (Å²) in [7, 11) is 1.64. The number of carbonyl (C=O) groups excluding carboxylic acids is 1. The number of aromatic amines is 1. The fourth-order valence-electron chi connectivity index (χ4n) is 3.92. The highest BCUT2D eigenvalue weighted by atomic mass is 16.5. The monoisotopic (exact) mass is 381 g/mol. The van der Waals surface area contributed by atoms with E-state index in [1.54, 1.807) is 7.11 Å². The fraction of sp³-hybridized carbons (Fsp3) is 0.0833. The highest BCUT2D eigenvalue weighted by Gasteiger charge is 2.42. The minimum absolute atomic E-state index is 0.0766. The molecule has 1 aliphatic heterocycles. The first-order valence-corrected chi connectivity index (χ1v) is 9.44. The van der Waals surface area contributed by atoms with Crippen molar-refractivity contribution in [3.63, 3.8) is 0 Å². The average Bonchev–Trinajstić information content (AvgIpc) is 3.34. The van der Waals surface area contributed by atoms with Crippen LogP contribution in [0.15, 0.2) is 84.9 Å². The van der Waals surface area contributed by atoms with Gasteiger partial charge in [-0.1, -0.05) is 48.5 Å². The highest BCUT2D eigenvalue weighted by molar-refractivity contribution is 6.11. The van der Waals surface area contributed by atoms with Crippen molar-refractivity contribution in [1.29, 1.82) is 0 Å². The molecule has 5 rings (SSSR count). The summed E-state index contributed by atoms with van der Waals surface area (Å²) in [5.41, 5.74) is 5.05. The number of aromatic nitrogens is 2. The molecule has 1 atom stereocenters. The Hall–Kier alpha value is -3.86. The van der Waals surface area contributed by atoms with E-state index in [2.05, 4.69) is 10.2 Å². The van der Waals surface area contributed by atoms with Crippen LogP contribution in [0, 0.1) is 0 Å². The number of hydrogen-bond acceptors (Lipinski definition) is 3. The molecule has 1 amide bonds. The summed E-state index contributed by atoms with van der Waals surface area (Å²) in [5, 5.41) is 7.49. The van der Waals surface area contributed by atoms with Crippen LogP contribution >= 0.6 is 0 Å². The van der Waals surface area contributed by atoms with Crippen molar-refractivity contribution in [2.24, 2.45) is 0 Å². The first kappa shape index (κ1) is 17.3. The number of rotatable bonds is 4. The van der Waals surface area contributed by atoms with Gasteiger partial charge in [0.1, 0.15) is 11.4 Å². The number of fused-ring (bicyclic) bond motifs is 1. The number of H-pyrrole nitrogens is 1. The molecule has 29 heavy (non-hydrogen) atoms. The lowest BCUT2D eigenvalue weighted by Gasteiger charge is -2.26. The van der Waals surface area contributed by atoms with Crippen LogP contribution < -0.4 is 9.64 Å². The van der Waals surface area contributed by atoms with Crippen molar-refractivity contribution in [3.05, 3.63) is 102 Å². The van der Waals surface area contributed by atoms with Crippen molar-refractivity contribution in [2.45, 2.75) is 6.04 Å². The minimum atomic E-state index is -0.253. The number of amides is 1. The quantitative estimate of drug-likeness (QED) is 0.551. The lowest BCUT2D eigenvalue weighted by molar-refractivity contribution is 0.0989. The number of nitrogens with zero attached hydrogens (tertiary/aromatic N) is 2. The molecule has 1 N–H and O–H groups in total. The van der Waals surface area contributed by atoms with Gasteiger partial charge in [-0.25, -0.2) is 0 Å². The maximum Gasteiger partial charge on any atom is 0.277 e. The third-order valence-electron chi connectivity index (χ3n) is 5.28. The summed E-state index contributed by atoms with van der Waals surface area (Å²) < 4.78 is 5.27. The number of ether oxygens (including phenoxy) is 1. The van der Waals surface area contributed by atoms with Gasteiger partial charge in [0.2, 0.25) is 0 Å². The van der Waals surface area contributed by atoms with Gasteiger partial charge in [0.25, 0.3) is 5.91 Å². The van der Waals surface area contributed by atoms with E-state index in [-0.39, 0.29) is 11.9 Å². The number of anilines is 1. The Morgan fingerprint density at radius 2 is 1.55 bits per heavy atom. The number of methoxy groups -OCH3 is 1. The van der Waals surface area contributed by atoms with Gasteiger partial charge in [0.05, 0.1) is 18.8 Å². The standard InChI is InChI=1S/C24H19N3O2/c1-29-19-14-12-16(13-15-19)21-20-22(26-25-21)24(28)27(18-10-6-3-7-11-18)23(20)17-8-4-2-5-9-17/h2-15,23H,1H3,(H,25,26)/t23-/m1/s1. The Kier molecular flexibility index (Phi) is 4.13. The fourth-order valence-corrected chi connectivity index (χ4v) is 3.92. The van der Waals surface area contributed by atoms with Crippen LogP contribution in [0.4, 0.5) is 5.69 Å². The van der Waals surface area contributed by atoms with E-state index in [1.165, 1.54) is 0 Å². The predicted octanol–water partition coefficient (Wildman–Crippen LogP) is 4.84. The Morgan fingerprint density at radius 1 is 0.897 bits per heavy atom. The first-order chi connectivity index (χ1) is 14.3. The van der Waals surface area contributed by atoms with Crippen LogP contribution in [0.3, 0.4) is 0 Å². The summed E-state index contributed by atoms with van der Waals surface area (Å²) in [6.07, 6.45) is 0. The van der Waals surface area contributed by atoms with Gasteiger partial charge >= 0.3 is 0 Å². The molecule has 142 valence electrons. The summed E-state index contributed by atoms with van der Waals surface area (Å²) in [6.45, 7) is 0. The van der Waals surface area contributed by atoms with Gasteiger partial charge in [-0.05, 0) is 42.0 Å². The zero-order chi connectivity index (χ0) is 19.8. The van der Waals surface area contributed by atoms with E-state index in [9.17, 15) is 4.79 Å². The summed E-state index contributed by atoms with van der Waals surface area (Å²) in [4.78, 5) is 15.2. The largest absolute Gasteiger partial charge is 0.497 e. The predicted molar refractivity (Wildman–Crippen MR) is 112 cm³/mol. The van der Waals surface area contributed by atoms with Gasteiger partial charge in [0, 0.05) is 16.8 Å². The third kappa shape index (κ3) is 2.79. The molecule has 0 unspecified atom stereocenters. The van der Waals surface area contributed by atoms with E-state index >= 15 is 0 Å². The average molecular weight is 381 g/mol. The molecule has 5 nitrogen and oxygen atoms in total. The summed E-state index contributed by atoms with van der Waals surface area (Å²) >= 11 is 0. The molecule has 0 aliphatic carbocycles. The molecule has 1 aromatic heterocycles. The molecular formula is C24H19N3O2. The smallest absolute Gasteiger partial charge is 0.277 e. The maximum atomic E-state index is 13.4. The maximum absolute atomic E-state index is 13.4. The molecule has 0 radical (unpaired) electrons. The molecule has 1 aliphatic rings. The normalized spacial score (nSPS) is 15.4. The molecule has 0 fully saturated rings. The second kappa shape index (κ2) is 6.95. The Bertz CT molecular complexity index is 1150. The Balaban J connectivity index is 1.70. The second-order valence-electron chi connectivity index (χ2n) is 6.91. The van der Waals surface area contributed by atoms with Gasteiger partial charge < -0.3 is 4.74 Å². The molecule has 0 spiro atoms. The molecule has 0 bridgehead atoms. The topological polar surface area (TPSA) is 58.2 Å². The number of para-hydroxylation sites is 1. The number of hydrogen-bond donors (Lipinski definition) is 1. The lowest BCUT2D eigenvalue weighted by Crippen LogP contribution is -2.29. The molecule has 0 saturated carbocycles. The van der Waals surface area contributed by atoms with Gasteiger partial charge in [-0.15, -0.1) is 0 Å². The van der Waals surface area contributed by atoms with E-state index in [0.29, 0.717) is 5.69 Å². The van der Waals surface area contributed by atoms with E-state index in [0.717, 1.165) is 33.8 Å².